The monoisotopic (exact) mass is 463 g/mol. The Morgan fingerprint density at radius 2 is 1.66 bits per heavy atom. The maximum absolute atomic E-state index is 12.8. The number of aromatic nitrogens is 1. The molecule has 6 nitrogen and oxygen atoms in total. The number of nitriles is 1. The fraction of sp³-hybridized carbons (Fsp3) is 0.138. The van der Waals surface area contributed by atoms with Crippen molar-refractivity contribution < 1.29 is 9.53 Å². The molecule has 0 atom stereocenters. The lowest BCUT2D eigenvalue weighted by atomic mass is 9.99. The summed E-state index contributed by atoms with van der Waals surface area (Å²) in [5.74, 6) is 0.740. The molecule has 35 heavy (non-hydrogen) atoms. The van der Waals surface area contributed by atoms with Crippen molar-refractivity contribution in [3.8, 4) is 28.7 Å². The van der Waals surface area contributed by atoms with E-state index in [9.17, 15) is 9.59 Å². The third-order valence-electron chi connectivity index (χ3n) is 5.84. The van der Waals surface area contributed by atoms with E-state index in [2.05, 4.69) is 24.0 Å². The number of amides is 1. The number of carbonyl (C=O) groups excluding carboxylic acids is 1. The Kier molecular flexibility index (Phi) is 6.26. The van der Waals surface area contributed by atoms with Gasteiger partial charge in [0.25, 0.3) is 11.5 Å². The van der Waals surface area contributed by atoms with Gasteiger partial charge in [-0.25, -0.2) is 0 Å². The maximum atomic E-state index is 12.8. The lowest BCUT2D eigenvalue weighted by Crippen LogP contribution is -2.16. The fourth-order valence-electron chi connectivity index (χ4n) is 4.23. The summed E-state index contributed by atoms with van der Waals surface area (Å²) < 4.78 is 7.99. The summed E-state index contributed by atoms with van der Waals surface area (Å²) in [4.78, 5) is 25.1. The molecule has 0 spiro atoms. The van der Waals surface area contributed by atoms with Crippen molar-refractivity contribution in [2.24, 2.45) is 7.05 Å². The molecular formula is C29H25N3O3. The van der Waals surface area contributed by atoms with Gasteiger partial charge in [0.1, 0.15) is 23.1 Å². The van der Waals surface area contributed by atoms with Crippen LogP contribution in [-0.4, -0.2) is 10.5 Å². The number of hydrogen-bond donors (Lipinski definition) is 1. The number of rotatable bonds is 5. The molecular weight excluding hydrogens is 438 g/mol. The number of carbonyl (C=O) groups is 1. The normalized spacial score (nSPS) is 10.6. The van der Waals surface area contributed by atoms with Gasteiger partial charge in [-0.1, -0.05) is 42.5 Å². The third-order valence-corrected chi connectivity index (χ3v) is 5.84. The highest BCUT2D eigenvalue weighted by Gasteiger charge is 2.17. The molecule has 0 aliphatic carbocycles. The summed E-state index contributed by atoms with van der Waals surface area (Å²) >= 11 is 0. The molecule has 174 valence electrons. The van der Waals surface area contributed by atoms with E-state index in [0.717, 1.165) is 33.4 Å². The number of pyridine rings is 1. The lowest BCUT2D eigenvalue weighted by Gasteiger charge is -2.18. The largest absolute Gasteiger partial charge is 0.456 e. The molecule has 0 aliphatic heterocycles. The van der Waals surface area contributed by atoms with Crippen molar-refractivity contribution in [3.63, 3.8) is 0 Å². The van der Waals surface area contributed by atoms with Crippen molar-refractivity contribution in [1.29, 1.82) is 5.26 Å². The number of fused-ring (bicyclic) bond motifs is 1. The Labute approximate surface area is 203 Å². The zero-order valence-corrected chi connectivity index (χ0v) is 20.1. The second-order valence-corrected chi connectivity index (χ2v) is 8.59. The minimum Gasteiger partial charge on any atom is -0.456 e. The molecule has 0 saturated heterocycles. The van der Waals surface area contributed by atoms with E-state index in [0.29, 0.717) is 22.4 Å². The summed E-state index contributed by atoms with van der Waals surface area (Å²) in [7, 11) is 1.70. The van der Waals surface area contributed by atoms with E-state index >= 15 is 0 Å². The summed E-state index contributed by atoms with van der Waals surface area (Å²) in [6.07, 6.45) is 1.77. The van der Waals surface area contributed by atoms with Crippen LogP contribution < -0.4 is 15.6 Å². The maximum Gasteiger partial charge on any atom is 0.265 e. The van der Waals surface area contributed by atoms with Gasteiger partial charge in [0.2, 0.25) is 0 Å². The number of aryl methyl sites for hydroxylation is 4. The molecule has 1 heterocycles. The predicted octanol–water partition coefficient (Wildman–Crippen LogP) is 5.94. The van der Waals surface area contributed by atoms with E-state index < -0.39 is 5.91 Å². The van der Waals surface area contributed by atoms with Gasteiger partial charge in [0.05, 0.1) is 0 Å². The van der Waals surface area contributed by atoms with Crippen molar-refractivity contribution in [2.45, 2.75) is 20.8 Å². The first kappa shape index (κ1) is 23.5. The molecule has 4 aromatic rings. The third kappa shape index (κ3) is 4.57. The molecule has 3 aromatic carbocycles. The van der Waals surface area contributed by atoms with Crippen molar-refractivity contribution in [2.75, 3.05) is 5.32 Å². The molecule has 6 heteroatoms. The quantitative estimate of drug-likeness (QED) is 0.293. The number of benzene rings is 3. The van der Waals surface area contributed by atoms with E-state index in [-0.39, 0.29) is 11.1 Å². The second-order valence-electron chi connectivity index (χ2n) is 8.59. The Bertz CT molecular complexity index is 1580. The van der Waals surface area contributed by atoms with Crippen LogP contribution in [-0.2, 0) is 11.8 Å². The molecule has 0 saturated carbocycles. The highest BCUT2D eigenvalue weighted by Crippen LogP contribution is 2.40. The van der Waals surface area contributed by atoms with Gasteiger partial charge in [-0.05, 0) is 61.5 Å². The van der Waals surface area contributed by atoms with Crippen LogP contribution in [0, 0.1) is 32.1 Å². The number of nitrogens with zero attached hydrogens (tertiary/aromatic N) is 2. The smallest absolute Gasteiger partial charge is 0.265 e. The molecule has 0 fully saturated rings. The highest BCUT2D eigenvalue weighted by molar-refractivity contribution is 6.06. The van der Waals surface area contributed by atoms with Crippen LogP contribution in [0.1, 0.15) is 16.7 Å². The van der Waals surface area contributed by atoms with E-state index in [1.54, 1.807) is 43.6 Å². The minimum absolute atomic E-state index is 0.105. The molecule has 0 aliphatic rings. The molecule has 1 amide bonds. The molecule has 4 rings (SSSR count). The van der Waals surface area contributed by atoms with Crippen molar-refractivity contribution >= 4 is 22.4 Å². The van der Waals surface area contributed by atoms with E-state index in [1.165, 1.54) is 4.57 Å². The van der Waals surface area contributed by atoms with Crippen LogP contribution >= 0.6 is 0 Å². The predicted molar refractivity (Wildman–Crippen MR) is 139 cm³/mol. The summed E-state index contributed by atoms with van der Waals surface area (Å²) in [5.41, 5.74) is 4.79. The standard InChI is InChI=1S/C29H25N3O3/c1-17-12-18(2)27(19(3)13-17)35-26-11-10-21(31-28(33)20(4)15-30)14-24(26)25-16-32(5)29(34)23-9-7-6-8-22(23)25/h6-14,16H,4H2,1-3,5H3,(H,31,33). The molecule has 0 radical (unpaired) electrons. The Morgan fingerprint density at radius 1 is 1.00 bits per heavy atom. The van der Waals surface area contributed by atoms with Crippen molar-refractivity contribution in [3.05, 3.63) is 100.0 Å². The van der Waals surface area contributed by atoms with Gasteiger partial charge in [-0.15, -0.1) is 0 Å². The van der Waals surface area contributed by atoms with Gasteiger partial charge in [0.15, 0.2) is 0 Å². The van der Waals surface area contributed by atoms with Crippen LogP contribution in [0.4, 0.5) is 5.69 Å². The Balaban J connectivity index is 1.94. The van der Waals surface area contributed by atoms with Crippen LogP contribution in [0.2, 0.25) is 0 Å². The van der Waals surface area contributed by atoms with Crippen LogP contribution in [0.25, 0.3) is 21.9 Å². The number of ether oxygens (including phenoxy) is 1. The minimum atomic E-state index is -0.581. The number of nitrogens with one attached hydrogen (secondary N) is 1. The van der Waals surface area contributed by atoms with Gasteiger partial charge in [-0.2, -0.15) is 5.26 Å². The summed E-state index contributed by atoms with van der Waals surface area (Å²) in [6.45, 7) is 9.51. The van der Waals surface area contributed by atoms with Gasteiger partial charge in [-0.3, -0.25) is 9.59 Å². The topological polar surface area (TPSA) is 84.1 Å². The van der Waals surface area contributed by atoms with E-state index in [4.69, 9.17) is 10.00 Å². The average Bonchev–Trinajstić information content (AvgIpc) is 2.83. The van der Waals surface area contributed by atoms with Crippen LogP contribution in [0.5, 0.6) is 11.5 Å². The van der Waals surface area contributed by atoms with Crippen LogP contribution in [0.3, 0.4) is 0 Å². The second kappa shape index (κ2) is 9.32. The fourth-order valence-corrected chi connectivity index (χ4v) is 4.23. The zero-order chi connectivity index (χ0) is 25.3. The van der Waals surface area contributed by atoms with E-state index in [1.807, 2.05) is 39.0 Å². The molecule has 1 N–H and O–H groups in total. The highest BCUT2D eigenvalue weighted by atomic mass is 16.5. The molecule has 0 bridgehead atoms. The lowest BCUT2D eigenvalue weighted by molar-refractivity contribution is -0.112. The Hall–Kier alpha value is -4.63. The first-order valence-electron chi connectivity index (χ1n) is 11.1. The van der Waals surface area contributed by atoms with Gasteiger partial charge >= 0.3 is 0 Å². The average molecular weight is 464 g/mol. The first-order chi connectivity index (χ1) is 16.7. The number of hydrogen-bond acceptors (Lipinski definition) is 4. The Morgan fingerprint density at radius 3 is 2.31 bits per heavy atom. The zero-order valence-electron chi connectivity index (χ0n) is 20.1. The number of anilines is 1. The molecule has 0 unspecified atom stereocenters. The van der Waals surface area contributed by atoms with Crippen molar-refractivity contribution in [1.82, 2.24) is 4.57 Å². The summed E-state index contributed by atoms with van der Waals surface area (Å²) in [5, 5.41) is 13.1. The molecule has 1 aromatic heterocycles. The van der Waals surface area contributed by atoms with Gasteiger partial charge in [0, 0.05) is 35.4 Å². The SMILES string of the molecule is C=C(C#N)C(=O)Nc1ccc(Oc2c(C)cc(C)cc2C)c(-c2cn(C)c(=O)c3ccccc23)c1. The summed E-state index contributed by atoms with van der Waals surface area (Å²) in [6, 6.07) is 18.5. The van der Waals surface area contributed by atoms with Crippen LogP contribution in [0.15, 0.2) is 77.7 Å². The first-order valence-corrected chi connectivity index (χ1v) is 11.1. The van der Waals surface area contributed by atoms with Gasteiger partial charge < -0.3 is 14.6 Å².